The van der Waals surface area contributed by atoms with Crippen molar-refractivity contribution in [1.29, 1.82) is 0 Å². The number of nitrogens with two attached hydrogens (primary N) is 2. The van der Waals surface area contributed by atoms with Crippen LogP contribution in [0.2, 0.25) is 0 Å². The Morgan fingerprint density at radius 2 is 1.97 bits per heavy atom. The number of carbonyl (C=O) groups excluding carboxylic acids is 1. The third-order valence-corrected chi connectivity index (χ3v) is 4.22. The van der Waals surface area contributed by atoms with Gasteiger partial charge in [-0.25, -0.2) is 31.9 Å². The van der Waals surface area contributed by atoms with Crippen molar-refractivity contribution < 1.29 is 31.5 Å². The summed E-state index contributed by atoms with van der Waals surface area (Å²) in [6.07, 6.45) is -5.43. The summed E-state index contributed by atoms with van der Waals surface area (Å²) in [5, 5.41) is 2.28. The normalized spacial score (nSPS) is 19.1. The largest absolute Gasteiger partial charge is 0.385 e. The number of nitrogens with zero attached hydrogens (tertiary/aromatic N) is 3. The highest BCUT2D eigenvalue weighted by molar-refractivity contribution is 6.05. The van der Waals surface area contributed by atoms with Crippen molar-refractivity contribution in [1.82, 2.24) is 9.97 Å². The Kier molecular flexibility index (Phi) is 5.82. The Morgan fingerprint density at radius 1 is 1.23 bits per heavy atom. The first-order chi connectivity index (χ1) is 14.1. The van der Waals surface area contributed by atoms with Crippen molar-refractivity contribution in [2.45, 2.75) is 18.4 Å². The summed E-state index contributed by atoms with van der Waals surface area (Å²) >= 11 is 0. The number of amides is 1. The topological polar surface area (TPSA) is 129 Å². The van der Waals surface area contributed by atoms with E-state index < -0.39 is 59.5 Å². The number of halogens is 5. The number of amidine groups is 1. The van der Waals surface area contributed by atoms with Gasteiger partial charge in [0.05, 0.1) is 12.8 Å². The van der Waals surface area contributed by atoms with Gasteiger partial charge in [0, 0.05) is 11.3 Å². The van der Waals surface area contributed by atoms with E-state index in [0.717, 1.165) is 18.2 Å². The van der Waals surface area contributed by atoms with Gasteiger partial charge in [0.2, 0.25) is 0 Å². The molecule has 1 aliphatic rings. The fourth-order valence-corrected chi connectivity index (χ4v) is 2.82. The quantitative estimate of drug-likeness (QED) is 0.624. The van der Waals surface area contributed by atoms with Crippen LogP contribution in [-0.2, 0) is 10.3 Å². The number of carbonyl (C=O) groups is 1. The summed E-state index contributed by atoms with van der Waals surface area (Å²) in [5.74, 6) is -2.78. The molecule has 1 amide bonds. The van der Waals surface area contributed by atoms with E-state index in [1.54, 1.807) is 0 Å². The highest BCUT2D eigenvalue weighted by atomic mass is 19.3. The molecule has 13 heteroatoms. The molecule has 8 nitrogen and oxygen atoms in total. The van der Waals surface area contributed by atoms with E-state index in [-0.39, 0.29) is 18.1 Å². The molecule has 3 rings (SSSR count). The van der Waals surface area contributed by atoms with E-state index in [0.29, 0.717) is 6.20 Å². The predicted molar refractivity (Wildman–Crippen MR) is 95.9 cm³/mol. The molecule has 0 saturated carbocycles. The van der Waals surface area contributed by atoms with E-state index in [2.05, 4.69) is 20.3 Å². The van der Waals surface area contributed by atoms with Crippen LogP contribution in [0.25, 0.3) is 0 Å². The number of aromatic nitrogens is 2. The van der Waals surface area contributed by atoms with Gasteiger partial charge >= 0.3 is 0 Å². The summed E-state index contributed by atoms with van der Waals surface area (Å²) in [5.41, 5.74) is 6.73. The number of aliphatic imine (C=N–C) groups is 1. The van der Waals surface area contributed by atoms with Crippen LogP contribution in [0.3, 0.4) is 0 Å². The first-order valence-electron chi connectivity index (χ1n) is 8.36. The summed E-state index contributed by atoms with van der Waals surface area (Å²) in [7, 11) is 0. The molecule has 1 aromatic carbocycles. The Hall–Kier alpha value is -3.35. The second-order valence-electron chi connectivity index (χ2n) is 6.30. The van der Waals surface area contributed by atoms with Gasteiger partial charge < -0.3 is 21.5 Å². The Labute approximate surface area is 166 Å². The molecule has 1 aliphatic heterocycles. The molecule has 1 aromatic heterocycles. The fourth-order valence-electron chi connectivity index (χ4n) is 2.82. The predicted octanol–water partition coefficient (Wildman–Crippen LogP) is 2.24. The lowest BCUT2D eigenvalue weighted by Gasteiger charge is -2.33. The minimum atomic E-state index is -3.17. The summed E-state index contributed by atoms with van der Waals surface area (Å²) < 4.78 is 72.4. The lowest BCUT2D eigenvalue weighted by Crippen LogP contribution is -2.45. The lowest BCUT2D eigenvalue weighted by atomic mass is 9.90. The van der Waals surface area contributed by atoms with Crippen LogP contribution < -0.4 is 16.8 Å². The van der Waals surface area contributed by atoms with Crippen molar-refractivity contribution in [3.63, 3.8) is 0 Å². The summed E-state index contributed by atoms with van der Waals surface area (Å²) in [4.78, 5) is 23.0. The van der Waals surface area contributed by atoms with Crippen LogP contribution in [-0.4, -0.2) is 41.3 Å². The molecule has 0 aliphatic carbocycles. The Balaban J connectivity index is 1.94. The van der Waals surface area contributed by atoms with Gasteiger partial charge in [-0.15, -0.1) is 0 Å². The second kappa shape index (κ2) is 8.18. The Bertz CT molecular complexity index is 1000. The van der Waals surface area contributed by atoms with Gasteiger partial charge in [0.25, 0.3) is 18.8 Å². The maximum Gasteiger partial charge on any atom is 0.281 e. The maximum atomic E-state index is 14.4. The first kappa shape index (κ1) is 21.4. The molecule has 2 aromatic rings. The minimum Gasteiger partial charge on any atom is -0.385 e. The van der Waals surface area contributed by atoms with E-state index in [9.17, 15) is 26.7 Å². The molecule has 2 heterocycles. The molecule has 30 heavy (non-hydrogen) atoms. The summed E-state index contributed by atoms with van der Waals surface area (Å²) in [6.45, 7) is -0.813. The number of hydrogen-bond donors (Lipinski definition) is 3. The van der Waals surface area contributed by atoms with Crippen LogP contribution in [0.4, 0.5) is 33.5 Å². The van der Waals surface area contributed by atoms with Crippen LogP contribution in [0, 0.1) is 5.82 Å². The van der Waals surface area contributed by atoms with Crippen molar-refractivity contribution in [2.75, 3.05) is 24.3 Å². The number of hydrogen-bond acceptors (Lipinski definition) is 7. The van der Waals surface area contributed by atoms with Gasteiger partial charge in [-0.1, -0.05) is 0 Å². The number of alkyl halides is 4. The highest BCUT2D eigenvalue weighted by Crippen LogP contribution is 2.38. The second-order valence-corrected chi connectivity index (χ2v) is 6.30. The molecular weight excluding hydrogens is 415 g/mol. The van der Waals surface area contributed by atoms with Gasteiger partial charge in [-0.2, -0.15) is 0 Å². The number of nitrogens with one attached hydrogen (secondary N) is 1. The third kappa shape index (κ3) is 4.01. The van der Waals surface area contributed by atoms with Gasteiger partial charge in [0.15, 0.2) is 17.1 Å². The zero-order valence-corrected chi connectivity index (χ0v) is 15.1. The van der Waals surface area contributed by atoms with Gasteiger partial charge in [0.1, 0.15) is 24.0 Å². The number of rotatable bonds is 5. The molecule has 5 N–H and O–H groups in total. The van der Waals surface area contributed by atoms with Crippen molar-refractivity contribution in [3.8, 4) is 0 Å². The fraction of sp³-hybridized carbons (Fsp3) is 0.294. The Morgan fingerprint density at radius 3 is 2.57 bits per heavy atom. The van der Waals surface area contributed by atoms with Crippen LogP contribution in [0.5, 0.6) is 0 Å². The number of nitrogen functional groups attached to an aromatic ring is 1. The standard InChI is InChI=1S/C17H15F5N6O2/c18-9-2-1-7(3-8(9)17(16(21)22)6-30-5-11(23)28-17)26-15(29)12-14(24)27-10(4-25-12)13(19)20/h1-4,13,16H,5-6H2,(H2,23,28)(H2,24,27)(H,26,29). The van der Waals surface area contributed by atoms with Crippen molar-refractivity contribution in [2.24, 2.45) is 10.7 Å². The molecule has 0 spiro atoms. The summed E-state index contributed by atoms with van der Waals surface area (Å²) in [6, 6.07) is 2.90. The average molecular weight is 430 g/mol. The molecule has 0 saturated heterocycles. The molecule has 1 unspecified atom stereocenters. The molecule has 0 radical (unpaired) electrons. The molecule has 160 valence electrons. The first-order valence-corrected chi connectivity index (χ1v) is 8.36. The number of ether oxygens (including phenoxy) is 1. The number of anilines is 2. The van der Waals surface area contributed by atoms with E-state index in [1.807, 2.05) is 0 Å². The van der Waals surface area contributed by atoms with Gasteiger partial charge in [-0.3, -0.25) is 9.79 Å². The number of benzene rings is 1. The van der Waals surface area contributed by atoms with Crippen molar-refractivity contribution in [3.05, 3.63) is 47.2 Å². The van der Waals surface area contributed by atoms with Crippen LogP contribution in [0.15, 0.2) is 29.4 Å². The third-order valence-electron chi connectivity index (χ3n) is 4.22. The van der Waals surface area contributed by atoms with Gasteiger partial charge in [-0.05, 0) is 18.2 Å². The van der Waals surface area contributed by atoms with E-state index in [1.165, 1.54) is 0 Å². The zero-order valence-electron chi connectivity index (χ0n) is 15.1. The average Bonchev–Trinajstić information content (AvgIpc) is 2.68. The van der Waals surface area contributed by atoms with Crippen LogP contribution in [0.1, 0.15) is 28.2 Å². The highest BCUT2D eigenvalue weighted by Gasteiger charge is 2.46. The molecule has 0 bridgehead atoms. The lowest BCUT2D eigenvalue weighted by molar-refractivity contribution is -0.0145. The zero-order chi connectivity index (χ0) is 22.1. The maximum absolute atomic E-state index is 14.4. The monoisotopic (exact) mass is 430 g/mol. The molecule has 0 fully saturated rings. The van der Waals surface area contributed by atoms with E-state index in [4.69, 9.17) is 16.2 Å². The van der Waals surface area contributed by atoms with Crippen molar-refractivity contribution >= 4 is 23.2 Å². The minimum absolute atomic E-state index is 0.102. The molecule has 1 atom stereocenters. The van der Waals surface area contributed by atoms with Crippen LogP contribution >= 0.6 is 0 Å². The van der Waals surface area contributed by atoms with E-state index >= 15 is 0 Å². The smallest absolute Gasteiger partial charge is 0.281 e. The molecular formula is C17H15F5N6O2. The SMILES string of the molecule is NC1=NC(c2cc(NC(=O)c3ncc(C(F)F)nc3N)ccc2F)(C(F)F)COC1.